The van der Waals surface area contributed by atoms with Gasteiger partial charge in [0.2, 0.25) is 0 Å². The van der Waals surface area contributed by atoms with Crippen LogP contribution in [0.3, 0.4) is 0 Å². The molecule has 19 heavy (non-hydrogen) atoms. The molecule has 1 aliphatic rings. The van der Waals surface area contributed by atoms with Crippen molar-refractivity contribution in [3.63, 3.8) is 0 Å². The van der Waals surface area contributed by atoms with Gasteiger partial charge in [-0.05, 0) is 37.8 Å². The van der Waals surface area contributed by atoms with Crippen molar-refractivity contribution in [1.82, 2.24) is 5.32 Å². The Balaban J connectivity index is 2.05. The molecule has 1 N–H and O–H groups in total. The summed E-state index contributed by atoms with van der Waals surface area (Å²) in [4.78, 5) is 0. The van der Waals surface area contributed by atoms with E-state index in [-0.39, 0.29) is 0 Å². The summed E-state index contributed by atoms with van der Waals surface area (Å²) in [6.07, 6.45) is 3.70. The Kier molecular flexibility index (Phi) is 5.26. The third-order valence-electron chi connectivity index (χ3n) is 3.93. The molecule has 1 heterocycles. The van der Waals surface area contributed by atoms with Crippen LogP contribution >= 0.6 is 0 Å². The van der Waals surface area contributed by atoms with Gasteiger partial charge in [-0.1, -0.05) is 39.0 Å². The summed E-state index contributed by atoms with van der Waals surface area (Å²) in [5, 5.41) is 3.73. The molecular weight excluding hydrogens is 234 g/mol. The minimum atomic E-state index is 0.515. The zero-order valence-corrected chi connectivity index (χ0v) is 12.5. The number of nitrogens with one attached hydrogen (secondary N) is 1. The standard InChI is InChI=1S/C17H27NO/c1-4-11-18-16(10-9-13(2)3)15-12-19-17-8-6-5-7-14(15)17/h5-8,13,15-16,18H,4,9-12H2,1-3H3. The fourth-order valence-corrected chi connectivity index (χ4v) is 2.81. The van der Waals surface area contributed by atoms with Crippen LogP contribution in [0.1, 0.15) is 51.5 Å². The maximum atomic E-state index is 5.84. The van der Waals surface area contributed by atoms with Crippen LogP contribution in [0.25, 0.3) is 0 Å². The van der Waals surface area contributed by atoms with E-state index in [1.54, 1.807) is 0 Å². The third kappa shape index (κ3) is 3.73. The minimum Gasteiger partial charge on any atom is -0.493 e. The van der Waals surface area contributed by atoms with Crippen LogP contribution in [0.5, 0.6) is 5.75 Å². The molecule has 0 aliphatic carbocycles. The highest BCUT2D eigenvalue weighted by atomic mass is 16.5. The lowest BCUT2D eigenvalue weighted by molar-refractivity contribution is 0.285. The first kappa shape index (κ1) is 14.4. The van der Waals surface area contributed by atoms with E-state index < -0.39 is 0 Å². The number of fused-ring (bicyclic) bond motifs is 1. The molecule has 0 radical (unpaired) electrons. The molecule has 1 aliphatic heterocycles. The van der Waals surface area contributed by atoms with Gasteiger partial charge in [-0.25, -0.2) is 0 Å². The number of rotatable bonds is 7. The van der Waals surface area contributed by atoms with E-state index in [0.29, 0.717) is 12.0 Å². The molecule has 2 rings (SSSR count). The van der Waals surface area contributed by atoms with E-state index in [2.05, 4.69) is 50.4 Å². The second kappa shape index (κ2) is 6.95. The van der Waals surface area contributed by atoms with E-state index in [4.69, 9.17) is 4.74 Å². The van der Waals surface area contributed by atoms with E-state index in [1.165, 1.54) is 24.8 Å². The number of hydrogen-bond acceptors (Lipinski definition) is 2. The summed E-state index contributed by atoms with van der Waals surface area (Å²) in [6, 6.07) is 9.05. The molecule has 0 bridgehead atoms. The zero-order valence-electron chi connectivity index (χ0n) is 12.5. The molecular formula is C17H27NO. The number of hydrogen-bond donors (Lipinski definition) is 1. The molecule has 2 heteroatoms. The summed E-state index contributed by atoms with van der Waals surface area (Å²) >= 11 is 0. The Morgan fingerprint density at radius 1 is 1.26 bits per heavy atom. The maximum absolute atomic E-state index is 5.84. The van der Waals surface area contributed by atoms with Gasteiger partial charge in [-0.2, -0.15) is 0 Å². The Hall–Kier alpha value is -1.02. The minimum absolute atomic E-state index is 0.515. The second-order valence-electron chi connectivity index (χ2n) is 5.99. The van der Waals surface area contributed by atoms with Gasteiger partial charge >= 0.3 is 0 Å². The van der Waals surface area contributed by atoms with Gasteiger partial charge in [-0.15, -0.1) is 0 Å². The Bertz CT molecular complexity index is 389. The first-order valence-corrected chi connectivity index (χ1v) is 7.67. The van der Waals surface area contributed by atoms with Gasteiger partial charge in [0.15, 0.2) is 0 Å². The molecule has 0 aromatic heterocycles. The zero-order chi connectivity index (χ0) is 13.7. The smallest absolute Gasteiger partial charge is 0.122 e. The van der Waals surface area contributed by atoms with Crippen LogP contribution in [0.4, 0.5) is 0 Å². The first-order chi connectivity index (χ1) is 9.22. The molecule has 1 aromatic rings. The third-order valence-corrected chi connectivity index (χ3v) is 3.93. The first-order valence-electron chi connectivity index (χ1n) is 7.67. The average molecular weight is 261 g/mol. The van der Waals surface area contributed by atoms with Crippen molar-refractivity contribution in [2.45, 2.75) is 52.0 Å². The van der Waals surface area contributed by atoms with Crippen molar-refractivity contribution in [3.8, 4) is 5.75 Å². The van der Waals surface area contributed by atoms with E-state index >= 15 is 0 Å². The quantitative estimate of drug-likeness (QED) is 0.802. The highest BCUT2D eigenvalue weighted by molar-refractivity contribution is 5.40. The molecule has 2 unspecified atom stereocenters. The van der Waals surface area contributed by atoms with Crippen LogP contribution in [-0.2, 0) is 0 Å². The van der Waals surface area contributed by atoms with Crippen molar-refractivity contribution < 1.29 is 4.74 Å². The van der Waals surface area contributed by atoms with Gasteiger partial charge in [0.25, 0.3) is 0 Å². The van der Waals surface area contributed by atoms with Crippen molar-refractivity contribution >= 4 is 0 Å². The Labute approximate surface area is 117 Å². The molecule has 1 aromatic carbocycles. The van der Waals surface area contributed by atoms with Gasteiger partial charge in [0.05, 0.1) is 6.61 Å². The van der Waals surface area contributed by atoms with Crippen LogP contribution < -0.4 is 10.1 Å². The van der Waals surface area contributed by atoms with Crippen molar-refractivity contribution in [1.29, 1.82) is 0 Å². The topological polar surface area (TPSA) is 21.3 Å². The molecule has 2 nitrogen and oxygen atoms in total. The summed E-state index contributed by atoms with van der Waals surface area (Å²) < 4.78 is 5.84. The van der Waals surface area contributed by atoms with Crippen molar-refractivity contribution in [3.05, 3.63) is 29.8 Å². The monoisotopic (exact) mass is 261 g/mol. The lowest BCUT2D eigenvalue weighted by Crippen LogP contribution is -2.36. The molecule has 0 spiro atoms. The van der Waals surface area contributed by atoms with E-state index in [1.807, 2.05) is 0 Å². The second-order valence-corrected chi connectivity index (χ2v) is 5.99. The number of benzene rings is 1. The van der Waals surface area contributed by atoms with Crippen LogP contribution in [-0.4, -0.2) is 19.2 Å². The molecule has 0 fully saturated rings. The van der Waals surface area contributed by atoms with E-state index in [9.17, 15) is 0 Å². The maximum Gasteiger partial charge on any atom is 0.122 e. The molecule has 0 saturated heterocycles. The molecule has 0 amide bonds. The molecule has 2 atom stereocenters. The summed E-state index contributed by atoms with van der Waals surface area (Å²) in [5.74, 6) is 2.37. The predicted octanol–water partition coefficient (Wildman–Crippen LogP) is 3.97. The highest BCUT2D eigenvalue weighted by Gasteiger charge is 2.30. The van der Waals surface area contributed by atoms with Crippen molar-refractivity contribution in [2.24, 2.45) is 5.92 Å². The Morgan fingerprint density at radius 2 is 2.05 bits per heavy atom. The van der Waals surface area contributed by atoms with Gasteiger partial charge in [0, 0.05) is 17.5 Å². The average Bonchev–Trinajstić information content (AvgIpc) is 2.83. The van der Waals surface area contributed by atoms with Crippen molar-refractivity contribution in [2.75, 3.05) is 13.2 Å². The lowest BCUT2D eigenvalue weighted by atomic mass is 9.88. The normalized spacial score (nSPS) is 19.3. The van der Waals surface area contributed by atoms with Crippen LogP contribution in [0.15, 0.2) is 24.3 Å². The number of ether oxygens (including phenoxy) is 1. The van der Waals surface area contributed by atoms with Crippen LogP contribution in [0, 0.1) is 5.92 Å². The predicted molar refractivity (Wildman–Crippen MR) is 80.8 cm³/mol. The largest absolute Gasteiger partial charge is 0.493 e. The fraction of sp³-hybridized carbons (Fsp3) is 0.647. The van der Waals surface area contributed by atoms with E-state index in [0.717, 1.165) is 24.8 Å². The summed E-state index contributed by atoms with van der Waals surface area (Å²) in [6.45, 7) is 8.76. The summed E-state index contributed by atoms with van der Waals surface area (Å²) in [5.41, 5.74) is 1.39. The van der Waals surface area contributed by atoms with Gasteiger partial charge in [-0.3, -0.25) is 0 Å². The van der Waals surface area contributed by atoms with Gasteiger partial charge < -0.3 is 10.1 Å². The Morgan fingerprint density at radius 3 is 2.79 bits per heavy atom. The SMILES string of the molecule is CCCNC(CCC(C)C)C1COc2ccccc21. The number of para-hydroxylation sites is 1. The highest BCUT2D eigenvalue weighted by Crippen LogP contribution is 2.36. The molecule has 106 valence electrons. The van der Waals surface area contributed by atoms with Gasteiger partial charge in [0.1, 0.15) is 5.75 Å². The summed E-state index contributed by atoms with van der Waals surface area (Å²) in [7, 11) is 0. The van der Waals surface area contributed by atoms with Crippen LogP contribution in [0.2, 0.25) is 0 Å². The molecule has 0 saturated carbocycles. The lowest BCUT2D eigenvalue weighted by Gasteiger charge is -2.25. The fourth-order valence-electron chi connectivity index (χ4n) is 2.81.